The Bertz CT molecular complexity index is 380. The van der Waals surface area contributed by atoms with Crippen molar-refractivity contribution in [2.45, 2.75) is 70.8 Å². The molecule has 0 aromatic rings. The zero-order valence-corrected chi connectivity index (χ0v) is 14.6. The number of esters is 1. The fourth-order valence-corrected chi connectivity index (χ4v) is 3.47. The lowest BCUT2D eigenvalue weighted by atomic mass is 10.1. The Balaban J connectivity index is 1.84. The average molecular weight is 324 g/mol. The maximum atomic E-state index is 12.1. The van der Waals surface area contributed by atoms with Crippen LogP contribution in [0.25, 0.3) is 0 Å². The summed E-state index contributed by atoms with van der Waals surface area (Å²) >= 11 is 0. The molecule has 0 aromatic carbocycles. The molecule has 5 heteroatoms. The van der Waals surface area contributed by atoms with Crippen LogP contribution >= 0.6 is 0 Å². The number of rotatable bonds is 9. The molecule has 2 aliphatic rings. The Labute approximate surface area is 140 Å². The van der Waals surface area contributed by atoms with E-state index >= 15 is 0 Å². The third-order valence-electron chi connectivity index (χ3n) is 4.79. The van der Waals surface area contributed by atoms with Gasteiger partial charge in [0.2, 0.25) is 5.91 Å². The van der Waals surface area contributed by atoms with E-state index in [0.717, 1.165) is 51.9 Å². The van der Waals surface area contributed by atoms with Gasteiger partial charge in [0.05, 0.1) is 6.54 Å². The zero-order valence-electron chi connectivity index (χ0n) is 14.6. The van der Waals surface area contributed by atoms with Gasteiger partial charge in [-0.05, 0) is 38.8 Å². The minimum absolute atomic E-state index is 0.105. The van der Waals surface area contributed by atoms with E-state index in [0.29, 0.717) is 19.4 Å². The van der Waals surface area contributed by atoms with E-state index in [1.54, 1.807) is 0 Å². The quantitative estimate of drug-likeness (QED) is 0.483. The van der Waals surface area contributed by atoms with Crippen LogP contribution in [0.3, 0.4) is 0 Å². The molecule has 0 spiro atoms. The Hall–Kier alpha value is -1.10. The van der Waals surface area contributed by atoms with Gasteiger partial charge in [-0.3, -0.25) is 14.5 Å². The maximum absolute atomic E-state index is 12.1. The Morgan fingerprint density at radius 2 is 1.87 bits per heavy atom. The predicted octanol–water partition coefficient (Wildman–Crippen LogP) is 2.59. The second-order valence-electron chi connectivity index (χ2n) is 6.87. The first kappa shape index (κ1) is 18.2. The van der Waals surface area contributed by atoms with E-state index in [2.05, 4.69) is 11.8 Å². The molecule has 132 valence electrons. The van der Waals surface area contributed by atoms with Gasteiger partial charge in [-0.1, -0.05) is 26.2 Å². The summed E-state index contributed by atoms with van der Waals surface area (Å²) in [5.41, 5.74) is 0. The Morgan fingerprint density at radius 1 is 1.09 bits per heavy atom. The molecule has 23 heavy (non-hydrogen) atoms. The highest BCUT2D eigenvalue weighted by molar-refractivity contribution is 5.78. The third-order valence-corrected chi connectivity index (χ3v) is 4.79. The van der Waals surface area contributed by atoms with E-state index in [1.807, 2.05) is 4.90 Å². The molecule has 0 aromatic heterocycles. The molecular formula is C18H32N2O3. The van der Waals surface area contributed by atoms with E-state index in [4.69, 9.17) is 4.74 Å². The minimum atomic E-state index is -0.177. The molecule has 0 radical (unpaired) electrons. The van der Waals surface area contributed by atoms with Crippen LogP contribution in [0.2, 0.25) is 0 Å². The van der Waals surface area contributed by atoms with Gasteiger partial charge >= 0.3 is 5.97 Å². The number of hydrogen-bond acceptors (Lipinski definition) is 4. The molecule has 0 aliphatic carbocycles. The first-order chi connectivity index (χ1) is 11.2. The summed E-state index contributed by atoms with van der Waals surface area (Å²) in [6.07, 6.45) is 8.70. The molecule has 5 nitrogen and oxygen atoms in total. The smallest absolute Gasteiger partial charge is 0.306 e. The molecule has 1 amide bonds. The standard InChI is InChI=1S/C18H32N2O3/c1-2-3-5-10-18(22)23-16(14-19-11-6-4-7-12-19)15-20-13-8-9-17(20)21/h16H,2-15H2,1H3/t16-/m1/s1. The summed E-state index contributed by atoms with van der Waals surface area (Å²) in [6, 6.07) is 0. The molecule has 2 aliphatic heterocycles. The molecule has 2 saturated heterocycles. The first-order valence-electron chi connectivity index (χ1n) is 9.38. The summed E-state index contributed by atoms with van der Waals surface area (Å²) in [5, 5.41) is 0. The van der Waals surface area contributed by atoms with Crippen LogP contribution in [0.5, 0.6) is 0 Å². The molecule has 0 N–H and O–H groups in total. The number of nitrogens with zero attached hydrogens (tertiary/aromatic N) is 2. The summed E-state index contributed by atoms with van der Waals surface area (Å²) in [4.78, 5) is 28.2. The Kier molecular flexibility index (Phi) is 7.86. The molecule has 0 bridgehead atoms. The number of likely N-dealkylation sites (tertiary alicyclic amines) is 2. The number of amides is 1. The first-order valence-corrected chi connectivity index (χ1v) is 9.38. The maximum Gasteiger partial charge on any atom is 0.306 e. The molecule has 0 unspecified atom stereocenters. The van der Waals surface area contributed by atoms with Gasteiger partial charge in [0.15, 0.2) is 0 Å². The second-order valence-corrected chi connectivity index (χ2v) is 6.87. The molecular weight excluding hydrogens is 292 g/mol. The van der Waals surface area contributed by atoms with E-state index < -0.39 is 0 Å². The molecule has 1 atom stereocenters. The van der Waals surface area contributed by atoms with Crippen LogP contribution in [0.15, 0.2) is 0 Å². The summed E-state index contributed by atoms with van der Waals surface area (Å²) in [7, 11) is 0. The normalized spacial score (nSPS) is 20.7. The van der Waals surface area contributed by atoms with Crippen molar-refractivity contribution < 1.29 is 14.3 Å². The lowest BCUT2D eigenvalue weighted by Crippen LogP contribution is -2.44. The SMILES string of the molecule is CCCCCC(=O)O[C@H](CN1CCCCC1)CN1CCCC1=O. The van der Waals surface area contributed by atoms with Crippen LogP contribution in [-0.4, -0.2) is 60.5 Å². The minimum Gasteiger partial charge on any atom is -0.459 e. The number of ether oxygens (including phenoxy) is 1. The van der Waals surface area contributed by atoms with Gasteiger partial charge in [0.25, 0.3) is 0 Å². The van der Waals surface area contributed by atoms with Gasteiger partial charge in [0, 0.05) is 25.9 Å². The topological polar surface area (TPSA) is 49.9 Å². The fraction of sp³-hybridized carbons (Fsp3) is 0.889. The number of unbranched alkanes of at least 4 members (excludes halogenated alkanes) is 2. The van der Waals surface area contributed by atoms with Crippen molar-refractivity contribution in [3.8, 4) is 0 Å². The summed E-state index contributed by atoms with van der Waals surface area (Å²) in [5.74, 6) is 0.0998. The number of carbonyl (C=O) groups is 2. The van der Waals surface area contributed by atoms with Gasteiger partial charge in [-0.2, -0.15) is 0 Å². The van der Waals surface area contributed by atoms with Crippen molar-refractivity contribution in [3.63, 3.8) is 0 Å². The molecule has 0 saturated carbocycles. The molecule has 2 fully saturated rings. The van der Waals surface area contributed by atoms with Crippen molar-refractivity contribution >= 4 is 11.9 Å². The summed E-state index contributed by atoms with van der Waals surface area (Å²) < 4.78 is 5.74. The second kappa shape index (κ2) is 9.91. The van der Waals surface area contributed by atoms with Crippen molar-refractivity contribution in [3.05, 3.63) is 0 Å². The largest absolute Gasteiger partial charge is 0.459 e. The van der Waals surface area contributed by atoms with Gasteiger partial charge in [-0.15, -0.1) is 0 Å². The number of hydrogen-bond donors (Lipinski definition) is 0. The zero-order chi connectivity index (χ0) is 16.5. The van der Waals surface area contributed by atoms with Gasteiger partial charge in [0.1, 0.15) is 6.10 Å². The van der Waals surface area contributed by atoms with Crippen LogP contribution in [0.1, 0.15) is 64.7 Å². The number of piperidine rings is 1. The third kappa shape index (κ3) is 6.50. The van der Waals surface area contributed by atoms with Crippen molar-refractivity contribution in [2.24, 2.45) is 0 Å². The fourth-order valence-electron chi connectivity index (χ4n) is 3.47. The van der Waals surface area contributed by atoms with Crippen LogP contribution in [-0.2, 0) is 14.3 Å². The van der Waals surface area contributed by atoms with Crippen LogP contribution in [0.4, 0.5) is 0 Å². The van der Waals surface area contributed by atoms with E-state index in [1.165, 1.54) is 19.3 Å². The predicted molar refractivity (Wildman–Crippen MR) is 90.1 cm³/mol. The van der Waals surface area contributed by atoms with Gasteiger partial charge in [-0.25, -0.2) is 0 Å². The monoisotopic (exact) mass is 324 g/mol. The molecule has 2 heterocycles. The van der Waals surface area contributed by atoms with E-state index in [-0.39, 0.29) is 18.0 Å². The van der Waals surface area contributed by atoms with Crippen molar-refractivity contribution in [1.82, 2.24) is 9.80 Å². The average Bonchev–Trinajstić information content (AvgIpc) is 2.93. The number of carbonyl (C=O) groups excluding carboxylic acids is 2. The van der Waals surface area contributed by atoms with Crippen LogP contribution < -0.4 is 0 Å². The lowest BCUT2D eigenvalue weighted by molar-refractivity contribution is -0.152. The summed E-state index contributed by atoms with van der Waals surface area (Å²) in [6.45, 7) is 6.43. The van der Waals surface area contributed by atoms with E-state index in [9.17, 15) is 9.59 Å². The Morgan fingerprint density at radius 3 is 2.52 bits per heavy atom. The lowest BCUT2D eigenvalue weighted by Gasteiger charge is -2.32. The van der Waals surface area contributed by atoms with Crippen LogP contribution in [0, 0.1) is 0 Å². The van der Waals surface area contributed by atoms with Gasteiger partial charge < -0.3 is 9.64 Å². The van der Waals surface area contributed by atoms with Crippen molar-refractivity contribution in [2.75, 3.05) is 32.7 Å². The highest BCUT2D eigenvalue weighted by Gasteiger charge is 2.27. The molecule has 2 rings (SSSR count). The highest BCUT2D eigenvalue weighted by atomic mass is 16.5. The van der Waals surface area contributed by atoms with Crippen molar-refractivity contribution in [1.29, 1.82) is 0 Å². The highest BCUT2D eigenvalue weighted by Crippen LogP contribution is 2.15.